The van der Waals surface area contributed by atoms with Gasteiger partial charge in [0.2, 0.25) is 0 Å². The molecule has 0 bridgehead atoms. The number of ether oxygens (including phenoxy) is 1. The Morgan fingerprint density at radius 2 is 1.75 bits per heavy atom. The zero-order chi connectivity index (χ0) is 22.9. The third-order valence-corrected chi connectivity index (χ3v) is 6.12. The van der Waals surface area contributed by atoms with Gasteiger partial charge in [-0.1, -0.05) is 37.6 Å². The molecule has 1 aliphatic heterocycles. The van der Waals surface area contributed by atoms with Crippen LogP contribution in [0.1, 0.15) is 49.3 Å². The van der Waals surface area contributed by atoms with Crippen molar-refractivity contribution in [2.75, 3.05) is 19.7 Å². The van der Waals surface area contributed by atoms with Crippen molar-refractivity contribution >= 4 is 0 Å². The van der Waals surface area contributed by atoms with E-state index >= 15 is 0 Å². The molecule has 1 saturated heterocycles. The van der Waals surface area contributed by atoms with Crippen molar-refractivity contribution in [3.63, 3.8) is 0 Å². The average Bonchev–Trinajstić information content (AvgIpc) is 2.79. The highest BCUT2D eigenvalue weighted by Crippen LogP contribution is 2.40. The maximum Gasteiger partial charge on any atom is 0.128 e. The van der Waals surface area contributed by atoms with Crippen molar-refractivity contribution in [1.29, 1.82) is 0 Å². The van der Waals surface area contributed by atoms with E-state index in [0.29, 0.717) is 12.4 Å². The number of hydrogen-bond donors (Lipinski definition) is 2. The Labute approximate surface area is 193 Å². The Kier molecular flexibility index (Phi) is 8.95. The van der Waals surface area contributed by atoms with E-state index in [1.807, 2.05) is 18.2 Å². The zero-order valence-corrected chi connectivity index (χ0v) is 19.5. The number of phenolic OH excluding ortho intramolecular Hbond substituents is 1. The Balaban J connectivity index is 2.02. The summed E-state index contributed by atoms with van der Waals surface area (Å²) in [7, 11) is 0. The van der Waals surface area contributed by atoms with E-state index in [1.54, 1.807) is 0 Å². The predicted octanol–water partition coefficient (Wildman–Crippen LogP) is 5.62. The second-order valence-electron chi connectivity index (χ2n) is 8.78. The molecule has 2 aromatic rings. The van der Waals surface area contributed by atoms with E-state index in [4.69, 9.17) is 10.5 Å². The lowest BCUT2D eigenvalue weighted by Gasteiger charge is -2.30. The van der Waals surface area contributed by atoms with Gasteiger partial charge in [-0.2, -0.15) is 0 Å². The van der Waals surface area contributed by atoms with Crippen molar-refractivity contribution in [3.8, 4) is 22.6 Å². The molecule has 2 aromatic carbocycles. The SMILES string of the molecule is C=CCc1ccc(OCCCC)c(-c2cc(CC=C)cc(CN3CCC(N)CC3)c2O)c1. The molecule has 0 radical (unpaired) electrons. The molecule has 0 saturated carbocycles. The third-order valence-electron chi connectivity index (χ3n) is 6.12. The van der Waals surface area contributed by atoms with Gasteiger partial charge in [-0.25, -0.2) is 0 Å². The van der Waals surface area contributed by atoms with Crippen LogP contribution in [0.15, 0.2) is 55.6 Å². The minimum absolute atomic E-state index is 0.290. The van der Waals surface area contributed by atoms with Gasteiger partial charge >= 0.3 is 0 Å². The van der Waals surface area contributed by atoms with Crippen LogP contribution in [0.4, 0.5) is 0 Å². The van der Waals surface area contributed by atoms with Gasteiger partial charge in [0.05, 0.1) is 6.61 Å². The predicted molar refractivity (Wildman–Crippen MR) is 134 cm³/mol. The molecule has 172 valence electrons. The van der Waals surface area contributed by atoms with E-state index in [-0.39, 0.29) is 6.04 Å². The molecule has 0 aliphatic carbocycles. The van der Waals surface area contributed by atoms with E-state index in [2.05, 4.69) is 49.2 Å². The fourth-order valence-corrected chi connectivity index (χ4v) is 4.26. The van der Waals surface area contributed by atoms with E-state index in [1.165, 1.54) is 0 Å². The smallest absolute Gasteiger partial charge is 0.128 e. The van der Waals surface area contributed by atoms with Crippen molar-refractivity contribution in [3.05, 3.63) is 72.3 Å². The van der Waals surface area contributed by atoms with E-state index < -0.39 is 0 Å². The number of unbranched alkanes of at least 4 members (excludes halogenated alkanes) is 1. The van der Waals surface area contributed by atoms with Gasteiger partial charge in [0.1, 0.15) is 11.5 Å². The van der Waals surface area contributed by atoms with Gasteiger partial charge in [0.15, 0.2) is 0 Å². The first kappa shape index (κ1) is 24.1. The van der Waals surface area contributed by atoms with E-state index in [0.717, 1.165) is 91.7 Å². The van der Waals surface area contributed by atoms with Crippen LogP contribution in [0.3, 0.4) is 0 Å². The first-order chi connectivity index (χ1) is 15.5. The highest BCUT2D eigenvalue weighted by Gasteiger charge is 2.20. The monoisotopic (exact) mass is 434 g/mol. The molecule has 4 nitrogen and oxygen atoms in total. The van der Waals surface area contributed by atoms with Gasteiger partial charge in [0.25, 0.3) is 0 Å². The van der Waals surface area contributed by atoms with Gasteiger partial charge in [-0.15, -0.1) is 13.2 Å². The Bertz CT molecular complexity index is 914. The number of piperidine rings is 1. The lowest BCUT2D eigenvalue weighted by atomic mass is 9.94. The number of benzene rings is 2. The number of likely N-dealkylation sites (tertiary alicyclic amines) is 1. The summed E-state index contributed by atoms with van der Waals surface area (Å²) in [6.07, 6.45) is 9.41. The van der Waals surface area contributed by atoms with Crippen molar-refractivity contribution in [2.45, 2.75) is 58.0 Å². The molecule has 3 rings (SSSR count). The lowest BCUT2D eigenvalue weighted by molar-refractivity contribution is 0.203. The number of nitrogens with two attached hydrogens (primary N) is 1. The first-order valence-corrected chi connectivity index (χ1v) is 11.9. The number of hydrogen-bond acceptors (Lipinski definition) is 4. The standard InChI is InChI=1S/C28H38N2O2/c1-4-7-16-32-27-11-10-21(8-5-2)18-25(27)26-19-22(9-6-3)17-23(28(26)31)20-30-14-12-24(29)13-15-30/h5-6,10-11,17-19,24,31H,2-4,7-9,12-16,20,29H2,1H3. The van der Waals surface area contributed by atoms with Crippen molar-refractivity contribution in [2.24, 2.45) is 5.73 Å². The molecule has 0 spiro atoms. The Morgan fingerprint density at radius 1 is 1.06 bits per heavy atom. The molecule has 0 amide bonds. The minimum Gasteiger partial charge on any atom is -0.507 e. The van der Waals surface area contributed by atoms with Crippen molar-refractivity contribution in [1.82, 2.24) is 4.90 Å². The van der Waals surface area contributed by atoms with Crippen LogP contribution >= 0.6 is 0 Å². The number of allylic oxidation sites excluding steroid dienone is 2. The molecule has 0 unspecified atom stereocenters. The third kappa shape index (κ3) is 6.24. The molecule has 1 heterocycles. The molecule has 32 heavy (non-hydrogen) atoms. The first-order valence-electron chi connectivity index (χ1n) is 11.9. The summed E-state index contributed by atoms with van der Waals surface area (Å²) in [6, 6.07) is 10.7. The van der Waals surface area contributed by atoms with Crippen LogP contribution < -0.4 is 10.5 Å². The number of aromatic hydroxyl groups is 1. The summed E-state index contributed by atoms with van der Waals surface area (Å²) in [6.45, 7) is 13.3. The van der Waals surface area contributed by atoms with Crippen LogP contribution in [-0.2, 0) is 19.4 Å². The normalized spacial score (nSPS) is 14.9. The number of rotatable bonds is 11. The maximum atomic E-state index is 11.4. The summed E-state index contributed by atoms with van der Waals surface area (Å²) in [4.78, 5) is 2.38. The lowest BCUT2D eigenvalue weighted by Crippen LogP contribution is -2.39. The average molecular weight is 435 g/mol. The molecule has 0 aromatic heterocycles. The van der Waals surface area contributed by atoms with Crippen molar-refractivity contribution < 1.29 is 9.84 Å². The largest absolute Gasteiger partial charge is 0.507 e. The second kappa shape index (κ2) is 11.9. The molecular formula is C28H38N2O2. The molecule has 0 atom stereocenters. The summed E-state index contributed by atoms with van der Waals surface area (Å²) >= 11 is 0. The molecular weight excluding hydrogens is 396 g/mol. The van der Waals surface area contributed by atoms with E-state index in [9.17, 15) is 5.11 Å². The summed E-state index contributed by atoms with van der Waals surface area (Å²) in [5, 5.41) is 11.4. The van der Waals surface area contributed by atoms with Crippen LogP contribution in [0.25, 0.3) is 11.1 Å². The quantitative estimate of drug-likeness (QED) is 0.356. The zero-order valence-electron chi connectivity index (χ0n) is 19.5. The maximum absolute atomic E-state index is 11.4. The minimum atomic E-state index is 0.290. The molecule has 4 heteroatoms. The number of nitrogens with zero attached hydrogens (tertiary/aromatic N) is 1. The number of phenols is 1. The molecule has 1 fully saturated rings. The summed E-state index contributed by atoms with van der Waals surface area (Å²) in [5.74, 6) is 1.15. The highest BCUT2D eigenvalue weighted by molar-refractivity contribution is 5.78. The Hall–Kier alpha value is -2.56. The van der Waals surface area contributed by atoms with Crippen LogP contribution in [-0.4, -0.2) is 35.7 Å². The van der Waals surface area contributed by atoms with Crippen LogP contribution in [0.5, 0.6) is 11.5 Å². The van der Waals surface area contributed by atoms with Gasteiger partial charge in [-0.3, -0.25) is 4.90 Å². The Morgan fingerprint density at radius 3 is 2.44 bits per heavy atom. The fourth-order valence-electron chi connectivity index (χ4n) is 4.26. The van der Waals surface area contributed by atoms with Crippen LogP contribution in [0, 0.1) is 0 Å². The topological polar surface area (TPSA) is 58.7 Å². The molecule has 3 N–H and O–H groups in total. The highest BCUT2D eigenvalue weighted by atomic mass is 16.5. The summed E-state index contributed by atoms with van der Waals surface area (Å²) in [5.41, 5.74) is 11.1. The van der Waals surface area contributed by atoms with Gasteiger partial charge in [0, 0.05) is 29.3 Å². The van der Waals surface area contributed by atoms with Gasteiger partial charge < -0.3 is 15.6 Å². The molecule has 1 aliphatic rings. The second-order valence-corrected chi connectivity index (χ2v) is 8.78. The fraction of sp³-hybridized carbons (Fsp3) is 0.429. The van der Waals surface area contributed by atoms with Crippen LogP contribution in [0.2, 0.25) is 0 Å². The van der Waals surface area contributed by atoms with Gasteiger partial charge in [-0.05, 0) is 74.5 Å². The summed E-state index contributed by atoms with van der Waals surface area (Å²) < 4.78 is 6.14.